The Morgan fingerprint density at radius 3 is 2.89 bits per heavy atom. The Balaban J connectivity index is 0.00000192. The summed E-state index contributed by atoms with van der Waals surface area (Å²) in [6, 6.07) is 5.98. The average Bonchev–Trinajstić information content (AvgIpc) is 3.38. The van der Waals surface area contributed by atoms with Crippen LogP contribution in [-0.4, -0.2) is 59.9 Å². The van der Waals surface area contributed by atoms with Crippen LogP contribution >= 0.6 is 23.7 Å². The molecule has 3 aromatic rings. The molecule has 0 bridgehead atoms. The lowest BCUT2D eigenvalue weighted by molar-refractivity contribution is 0.171. The van der Waals surface area contributed by atoms with Gasteiger partial charge in [-0.05, 0) is 25.2 Å². The lowest BCUT2D eigenvalue weighted by Gasteiger charge is -2.30. The number of hydrogen-bond donors (Lipinski definition) is 1. The summed E-state index contributed by atoms with van der Waals surface area (Å²) in [6.07, 6.45) is 0. The van der Waals surface area contributed by atoms with E-state index < -0.39 is 0 Å². The molecule has 2 aliphatic rings. The number of likely N-dealkylation sites (N-methyl/N-ethyl adjacent to an activating group) is 1. The summed E-state index contributed by atoms with van der Waals surface area (Å²) in [4.78, 5) is 11.5. The quantitative estimate of drug-likeness (QED) is 0.690. The number of fused-ring (bicyclic) bond motifs is 1. The molecule has 8 nitrogen and oxygen atoms in total. The number of benzene rings is 1. The van der Waals surface area contributed by atoms with Crippen LogP contribution in [0.3, 0.4) is 0 Å². The first-order valence-corrected chi connectivity index (χ1v) is 9.76. The van der Waals surface area contributed by atoms with Gasteiger partial charge in [-0.25, -0.2) is 4.98 Å². The van der Waals surface area contributed by atoms with Crippen LogP contribution in [-0.2, 0) is 0 Å². The maximum Gasteiger partial charge on any atom is 0.277 e. The van der Waals surface area contributed by atoms with Gasteiger partial charge in [0.05, 0.1) is 6.04 Å². The molecule has 2 aromatic heterocycles. The number of halogens is 1. The van der Waals surface area contributed by atoms with Crippen molar-refractivity contribution < 1.29 is 14.0 Å². The molecule has 1 aromatic carbocycles. The Hall–Kier alpha value is -2.20. The SMILES string of the molecule is CN1CCNCC1c1noc(-c2csc(-c3ccc4c(c3)OCCO4)n2)n1.Cl. The summed E-state index contributed by atoms with van der Waals surface area (Å²) >= 11 is 1.54. The van der Waals surface area contributed by atoms with Crippen LogP contribution in [0.25, 0.3) is 22.2 Å². The number of ether oxygens (including phenoxy) is 2. The Bertz CT molecular complexity index is 962. The zero-order valence-electron chi connectivity index (χ0n) is 15.3. The van der Waals surface area contributed by atoms with Crippen molar-refractivity contribution in [3.8, 4) is 33.7 Å². The van der Waals surface area contributed by atoms with Crippen LogP contribution in [0.4, 0.5) is 0 Å². The minimum atomic E-state index is 0. The summed E-state index contributed by atoms with van der Waals surface area (Å²) in [5, 5.41) is 10.3. The number of hydrogen-bond acceptors (Lipinski definition) is 9. The third-order valence-corrected chi connectivity index (χ3v) is 5.65. The van der Waals surface area contributed by atoms with E-state index in [2.05, 4.69) is 32.4 Å². The van der Waals surface area contributed by atoms with Crippen LogP contribution in [0.5, 0.6) is 11.5 Å². The molecule has 1 N–H and O–H groups in total. The monoisotopic (exact) mass is 421 g/mol. The largest absolute Gasteiger partial charge is 0.486 e. The lowest BCUT2D eigenvalue weighted by atomic mass is 10.2. The van der Waals surface area contributed by atoms with Crippen LogP contribution in [0.2, 0.25) is 0 Å². The zero-order chi connectivity index (χ0) is 18.2. The highest BCUT2D eigenvalue weighted by atomic mass is 35.5. The van der Waals surface area contributed by atoms with E-state index in [0.29, 0.717) is 30.6 Å². The maximum atomic E-state index is 5.66. The number of nitrogens with one attached hydrogen (secondary N) is 1. The Morgan fingerprint density at radius 1 is 1.18 bits per heavy atom. The molecule has 28 heavy (non-hydrogen) atoms. The van der Waals surface area contributed by atoms with Crippen molar-refractivity contribution in [2.24, 2.45) is 0 Å². The highest BCUT2D eigenvalue weighted by Gasteiger charge is 2.26. The molecule has 1 unspecified atom stereocenters. The van der Waals surface area contributed by atoms with Gasteiger partial charge >= 0.3 is 0 Å². The van der Waals surface area contributed by atoms with Crippen LogP contribution in [0.1, 0.15) is 11.9 Å². The second-order valence-corrected chi connectivity index (χ2v) is 7.41. The zero-order valence-corrected chi connectivity index (χ0v) is 16.9. The second kappa shape index (κ2) is 8.04. The van der Waals surface area contributed by atoms with Crippen molar-refractivity contribution in [1.82, 2.24) is 25.3 Å². The molecule has 2 aliphatic heterocycles. The van der Waals surface area contributed by atoms with Gasteiger partial charge in [-0.2, -0.15) is 4.98 Å². The van der Waals surface area contributed by atoms with Crippen molar-refractivity contribution in [2.45, 2.75) is 6.04 Å². The maximum absolute atomic E-state index is 5.66. The predicted octanol–water partition coefficient (Wildman–Crippen LogP) is 2.63. The molecule has 0 spiro atoms. The fraction of sp³-hybridized carbons (Fsp3) is 0.389. The number of rotatable bonds is 3. The number of nitrogens with zero attached hydrogens (tertiary/aromatic N) is 4. The van der Waals surface area contributed by atoms with E-state index in [1.807, 2.05) is 23.6 Å². The van der Waals surface area contributed by atoms with Gasteiger partial charge < -0.3 is 19.3 Å². The van der Waals surface area contributed by atoms with Gasteiger partial charge in [0.2, 0.25) is 0 Å². The van der Waals surface area contributed by atoms with Gasteiger partial charge in [-0.15, -0.1) is 23.7 Å². The van der Waals surface area contributed by atoms with Crippen molar-refractivity contribution in [2.75, 3.05) is 39.9 Å². The number of piperazine rings is 1. The summed E-state index contributed by atoms with van der Waals surface area (Å²) in [6.45, 7) is 3.89. The van der Waals surface area contributed by atoms with E-state index in [0.717, 1.165) is 41.7 Å². The predicted molar refractivity (Wildman–Crippen MR) is 107 cm³/mol. The highest BCUT2D eigenvalue weighted by Crippen LogP contribution is 2.36. The van der Waals surface area contributed by atoms with Crippen molar-refractivity contribution in [1.29, 1.82) is 0 Å². The minimum absolute atomic E-state index is 0. The van der Waals surface area contributed by atoms with E-state index in [9.17, 15) is 0 Å². The summed E-state index contributed by atoms with van der Waals surface area (Å²) in [5.74, 6) is 2.66. The highest BCUT2D eigenvalue weighted by molar-refractivity contribution is 7.13. The van der Waals surface area contributed by atoms with Crippen molar-refractivity contribution >= 4 is 23.7 Å². The molecular weight excluding hydrogens is 402 g/mol. The normalized spacial score (nSPS) is 19.2. The van der Waals surface area contributed by atoms with E-state index in [-0.39, 0.29) is 18.4 Å². The molecule has 0 saturated carbocycles. The van der Waals surface area contributed by atoms with E-state index in [1.165, 1.54) is 11.3 Å². The first-order chi connectivity index (χ1) is 13.3. The van der Waals surface area contributed by atoms with Gasteiger partial charge in [0.1, 0.15) is 23.9 Å². The van der Waals surface area contributed by atoms with Crippen LogP contribution < -0.4 is 14.8 Å². The third-order valence-electron chi connectivity index (χ3n) is 4.76. The third kappa shape index (κ3) is 3.58. The second-order valence-electron chi connectivity index (χ2n) is 6.55. The first-order valence-electron chi connectivity index (χ1n) is 8.88. The molecule has 4 heterocycles. The van der Waals surface area contributed by atoms with Crippen molar-refractivity contribution in [3.05, 3.63) is 29.4 Å². The molecule has 0 amide bonds. The Morgan fingerprint density at radius 2 is 2.04 bits per heavy atom. The smallest absolute Gasteiger partial charge is 0.277 e. The molecule has 0 aliphatic carbocycles. The minimum Gasteiger partial charge on any atom is -0.486 e. The van der Waals surface area contributed by atoms with E-state index in [4.69, 9.17) is 14.0 Å². The fourth-order valence-electron chi connectivity index (χ4n) is 3.25. The Labute approximate surface area is 172 Å². The van der Waals surface area contributed by atoms with Gasteiger partial charge in [0.15, 0.2) is 17.3 Å². The Kier molecular flexibility index (Phi) is 5.49. The molecule has 10 heteroatoms. The van der Waals surface area contributed by atoms with E-state index in [1.54, 1.807) is 0 Å². The molecule has 1 fully saturated rings. The van der Waals surface area contributed by atoms with Gasteiger partial charge in [-0.1, -0.05) is 5.16 Å². The molecule has 0 radical (unpaired) electrons. The first kappa shape index (κ1) is 19.1. The van der Waals surface area contributed by atoms with Gasteiger partial charge in [-0.3, -0.25) is 4.90 Å². The lowest BCUT2D eigenvalue weighted by Crippen LogP contribution is -2.44. The topological polar surface area (TPSA) is 85.5 Å². The van der Waals surface area contributed by atoms with E-state index >= 15 is 0 Å². The number of thiazole rings is 1. The van der Waals surface area contributed by atoms with Crippen molar-refractivity contribution in [3.63, 3.8) is 0 Å². The molecule has 1 atom stereocenters. The standard InChI is InChI=1S/C18H19N5O3S.ClH/c1-23-5-4-19-9-13(23)16-21-17(26-22-16)12-10-27-18(20-12)11-2-3-14-15(8-11)25-7-6-24-14;/h2-3,8,10,13,19H,4-7,9H2,1H3;1H. The van der Waals surface area contributed by atoms with Crippen LogP contribution in [0.15, 0.2) is 28.1 Å². The molecule has 5 rings (SSSR count). The van der Waals surface area contributed by atoms with Crippen LogP contribution in [0, 0.1) is 0 Å². The molecule has 148 valence electrons. The van der Waals surface area contributed by atoms with Gasteiger partial charge in [0, 0.05) is 30.6 Å². The number of aromatic nitrogens is 3. The summed E-state index contributed by atoms with van der Waals surface area (Å²) in [5.41, 5.74) is 1.67. The summed E-state index contributed by atoms with van der Waals surface area (Å²) in [7, 11) is 2.07. The average molecular weight is 422 g/mol. The van der Waals surface area contributed by atoms with Gasteiger partial charge in [0.25, 0.3) is 5.89 Å². The summed E-state index contributed by atoms with van der Waals surface area (Å²) < 4.78 is 16.7. The molecular formula is C18H20ClN5O3S. The molecule has 1 saturated heterocycles. The fourth-order valence-corrected chi connectivity index (χ4v) is 4.04.